The van der Waals surface area contributed by atoms with E-state index in [2.05, 4.69) is 4.98 Å². The van der Waals surface area contributed by atoms with E-state index in [0.29, 0.717) is 24.6 Å². The van der Waals surface area contributed by atoms with E-state index in [9.17, 15) is 13.2 Å². The van der Waals surface area contributed by atoms with Crippen molar-refractivity contribution in [3.8, 4) is 0 Å². The van der Waals surface area contributed by atoms with Crippen LogP contribution in [-0.4, -0.2) is 28.6 Å². The van der Waals surface area contributed by atoms with Gasteiger partial charge in [-0.15, -0.1) is 11.3 Å². The number of anilines is 1. The first-order valence-corrected chi connectivity index (χ1v) is 6.70. The monoisotopic (exact) mass is 279 g/mol. The van der Waals surface area contributed by atoms with Crippen LogP contribution in [-0.2, 0) is 6.54 Å². The number of nitrogens with two attached hydrogens (primary N) is 1. The van der Waals surface area contributed by atoms with Crippen molar-refractivity contribution in [3.63, 3.8) is 0 Å². The Labute approximate surface area is 108 Å². The smallest absolute Gasteiger partial charge is 0.375 e. The van der Waals surface area contributed by atoms with E-state index in [0.717, 1.165) is 4.88 Å². The van der Waals surface area contributed by atoms with E-state index < -0.39 is 18.1 Å². The van der Waals surface area contributed by atoms with Gasteiger partial charge in [0.05, 0.1) is 5.92 Å². The first-order chi connectivity index (χ1) is 8.38. The van der Waals surface area contributed by atoms with Crippen molar-refractivity contribution in [2.45, 2.75) is 38.5 Å². The van der Waals surface area contributed by atoms with E-state index in [1.165, 1.54) is 11.3 Å². The SMILES string of the molecule is CC1C(C(F)(F)F)CCCN1Cc1cnc(N)s1. The predicted molar refractivity (Wildman–Crippen MR) is 65.2 cm³/mol. The Morgan fingerprint density at radius 3 is 2.83 bits per heavy atom. The van der Waals surface area contributed by atoms with Gasteiger partial charge in [-0.25, -0.2) is 4.98 Å². The normalized spacial score (nSPS) is 26.4. The first kappa shape index (κ1) is 13.6. The van der Waals surface area contributed by atoms with Crippen LogP contribution in [0.2, 0.25) is 0 Å². The number of nitrogen functional groups attached to an aromatic ring is 1. The van der Waals surface area contributed by atoms with Crippen LogP contribution in [0.5, 0.6) is 0 Å². The highest BCUT2D eigenvalue weighted by atomic mass is 32.1. The minimum absolute atomic E-state index is 0.228. The van der Waals surface area contributed by atoms with Crippen molar-refractivity contribution >= 4 is 16.5 Å². The van der Waals surface area contributed by atoms with Crippen LogP contribution in [0.1, 0.15) is 24.6 Å². The van der Waals surface area contributed by atoms with Gasteiger partial charge in [0.25, 0.3) is 0 Å². The molecule has 1 aliphatic rings. The molecule has 1 fully saturated rings. The molecule has 1 saturated heterocycles. The van der Waals surface area contributed by atoms with Crippen LogP contribution in [0, 0.1) is 5.92 Å². The molecule has 1 aliphatic heterocycles. The highest BCUT2D eigenvalue weighted by molar-refractivity contribution is 7.15. The first-order valence-electron chi connectivity index (χ1n) is 5.89. The van der Waals surface area contributed by atoms with Gasteiger partial charge < -0.3 is 5.73 Å². The summed E-state index contributed by atoms with van der Waals surface area (Å²) in [5, 5.41) is 0.460. The maximum atomic E-state index is 12.9. The van der Waals surface area contributed by atoms with Crippen LogP contribution in [0.4, 0.5) is 18.3 Å². The van der Waals surface area contributed by atoms with E-state index >= 15 is 0 Å². The fourth-order valence-corrected chi connectivity index (χ4v) is 3.18. The average Bonchev–Trinajstić information content (AvgIpc) is 2.65. The molecule has 0 bridgehead atoms. The highest BCUT2D eigenvalue weighted by Crippen LogP contribution is 2.38. The Morgan fingerprint density at radius 2 is 2.28 bits per heavy atom. The topological polar surface area (TPSA) is 42.2 Å². The maximum absolute atomic E-state index is 12.9. The van der Waals surface area contributed by atoms with Crippen LogP contribution in [0.25, 0.3) is 0 Å². The van der Waals surface area contributed by atoms with Gasteiger partial charge in [-0.05, 0) is 26.3 Å². The zero-order chi connectivity index (χ0) is 13.3. The van der Waals surface area contributed by atoms with Crippen molar-refractivity contribution in [1.29, 1.82) is 0 Å². The summed E-state index contributed by atoms with van der Waals surface area (Å²) in [7, 11) is 0. The summed E-state index contributed by atoms with van der Waals surface area (Å²) in [6, 6.07) is -0.484. The summed E-state index contributed by atoms with van der Waals surface area (Å²) in [5.41, 5.74) is 5.52. The Bertz CT molecular complexity index is 404. The molecule has 0 spiro atoms. The molecule has 1 aromatic heterocycles. The number of thiazole rings is 1. The Hall–Kier alpha value is -0.820. The van der Waals surface area contributed by atoms with Crippen LogP contribution < -0.4 is 5.73 Å². The second kappa shape index (κ2) is 5.05. The summed E-state index contributed by atoms with van der Waals surface area (Å²) in [5.74, 6) is -1.23. The van der Waals surface area contributed by atoms with Gasteiger partial charge in [0.2, 0.25) is 0 Å². The van der Waals surface area contributed by atoms with Gasteiger partial charge in [0.15, 0.2) is 5.13 Å². The van der Waals surface area contributed by atoms with Gasteiger partial charge in [-0.3, -0.25) is 4.90 Å². The van der Waals surface area contributed by atoms with Crippen molar-refractivity contribution < 1.29 is 13.2 Å². The number of rotatable bonds is 2. The lowest BCUT2D eigenvalue weighted by Crippen LogP contribution is -2.48. The minimum atomic E-state index is -4.11. The van der Waals surface area contributed by atoms with E-state index in [4.69, 9.17) is 5.73 Å². The molecule has 2 rings (SSSR count). The van der Waals surface area contributed by atoms with E-state index in [-0.39, 0.29) is 6.42 Å². The third kappa shape index (κ3) is 2.95. The molecular formula is C11H16F3N3S. The maximum Gasteiger partial charge on any atom is 0.393 e. The molecule has 0 saturated carbocycles. The molecule has 2 heterocycles. The van der Waals surface area contributed by atoms with Gasteiger partial charge in [-0.2, -0.15) is 13.2 Å². The molecule has 2 unspecified atom stereocenters. The Balaban J connectivity index is 2.05. The number of halogens is 3. The van der Waals surface area contributed by atoms with Crippen molar-refractivity contribution in [2.75, 3.05) is 12.3 Å². The molecular weight excluding hydrogens is 263 g/mol. The molecule has 18 heavy (non-hydrogen) atoms. The Morgan fingerprint density at radius 1 is 1.56 bits per heavy atom. The van der Waals surface area contributed by atoms with Gasteiger partial charge >= 0.3 is 6.18 Å². The highest BCUT2D eigenvalue weighted by Gasteiger charge is 2.46. The molecule has 0 aliphatic carbocycles. The number of alkyl halides is 3. The van der Waals surface area contributed by atoms with Crippen molar-refractivity contribution in [1.82, 2.24) is 9.88 Å². The summed E-state index contributed by atoms with van der Waals surface area (Å²) < 4.78 is 38.6. The Kier molecular flexibility index (Phi) is 3.82. The third-order valence-corrected chi connectivity index (χ3v) is 4.28. The number of aromatic nitrogens is 1. The lowest BCUT2D eigenvalue weighted by Gasteiger charge is -2.39. The second-order valence-corrected chi connectivity index (χ2v) is 5.81. The number of hydrogen-bond donors (Lipinski definition) is 1. The molecule has 0 amide bonds. The van der Waals surface area contributed by atoms with Crippen LogP contribution >= 0.6 is 11.3 Å². The fourth-order valence-electron chi connectivity index (χ4n) is 2.47. The molecule has 0 radical (unpaired) electrons. The summed E-state index contributed by atoms with van der Waals surface area (Å²) >= 11 is 1.34. The lowest BCUT2D eigenvalue weighted by atomic mass is 9.89. The molecule has 7 heteroatoms. The average molecular weight is 279 g/mol. The molecule has 2 atom stereocenters. The fraction of sp³-hybridized carbons (Fsp3) is 0.727. The number of hydrogen-bond acceptors (Lipinski definition) is 4. The molecule has 102 valence electrons. The summed E-state index contributed by atoms with van der Waals surface area (Å²) in [6.07, 6.45) is -1.65. The predicted octanol–water partition coefficient (Wildman–Crippen LogP) is 2.89. The largest absolute Gasteiger partial charge is 0.393 e. The van der Waals surface area contributed by atoms with Gasteiger partial charge in [0, 0.05) is 23.7 Å². The van der Waals surface area contributed by atoms with Gasteiger partial charge in [-0.1, -0.05) is 0 Å². The van der Waals surface area contributed by atoms with E-state index in [1.807, 2.05) is 4.90 Å². The van der Waals surface area contributed by atoms with Gasteiger partial charge in [0.1, 0.15) is 0 Å². The van der Waals surface area contributed by atoms with E-state index in [1.54, 1.807) is 13.1 Å². The standard InChI is InChI=1S/C11H16F3N3S/c1-7-9(11(12,13)14)3-2-4-17(7)6-8-5-16-10(15)18-8/h5,7,9H,2-4,6H2,1H3,(H2,15,16). The lowest BCUT2D eigenvalue weighted by molar-refractivity contribution is -0.199. The number of nitrogens with zero attached hydrogens (tertiary/aromatic N) is 2. The molecule has 3 nitrogen and oxygen atoms in total. The van der Waals surface area contributed by atoms with Crippen LogP contribution in [0.15, 0.2) is 6.20 Å². The summed E-state index contributed by atoms with van der Waals surface area (Å²) in [4.78, 5) is 6.71. The molecule has 1 aromatic rings. The van der Waals surface area contributed by atoms with Crippen molar-refractivity contribution in [3.05, 3.63) is 11.1 Å². The third-order valence-electron chi connectivity index (χ3n) is 3.47. The second-order valence-electron chi connectivity index (χ2n) is 4.67. The van der Waals surface area contributed by atoms with Crippen LogP contribution in [0.3, 0.4) is 0 Å². The summed E-state index contributed by atoms with van der Waals surface area (Å²) in [6.45, 7) is 2.86. The number of likely N-dealkylation sites (tertiary alicyclic amines) is 1. The minimum Gasteiger partial charge on any atom is -0.375 e. The zero-order valence-electron chi connectivity index (χ0n) is 10.1. The molecule has 0 aromatic carbocycles. The number of piperidine rings is 1. The quantitative estimate of drug-likeness (QED) is 0.905. The molecule has 2 N–H and O–H groups in total. The zero-order valence-corrected chi connectivity index (χ0v) is 10.9. The van der Waals surface area contributed by atoms with Crippen molar-refractivity contribution in [2.24, 2.45) is 5.92 Å².